The zero-order valence-electron chi connectivity index (χ0n) is 10.6. The third kappa shape index (κ3) is 2.46. The van der Waals surface area contributed by atoms with Gasteiger partial charge in [-0.05, 0) is 24.1 Å². The first kappa shape index (κ1) is 12.9. The zero-order chi connectivity index (χ0) is 14.1. The molecule has 0 spiro atoms. The van der Waals surface area contributed by atoms with Gasteiger partial charge in [-0.1, -0.05) is 12.1 Å². The first-order valence-corrected chi connectivity index (χ1v) is 6.31. The minimum Gasteiger partial charge on any atom is -0.391 e. The third-order valence-corrected chi connectivity index (χ3v) is 3.40. The van der Waals surface area contributed by atoms with E-state index < -0.39 is 11.9 Å². The summed E-state index contributed by atoms with van der Waals surface area (Å²) < 4.78 is 25.9. The maximum atomic E-state index is 13.0. The van der Waals surface area contributed by atoms with Crippen molar-refractivity contribution in [2.24, 2.45) is 0 Å². The highest BCUT2D eigenvalue weighted by Gasteiger charge is 2.33. The highest BCUT2D eigenvalue weighted by atomic mass is 19.1. The van der Waals surface area contributed by atoms with Crippen molar-refractivity contribution in [3.63, 3.8) is 0 Å². The maximum Gasteiger partial charge on any atom is 0.226 e. The summed E-state index contributed by atoms with van der Waals surface area (Å²) in [5.41, 5.74) is 0.871. The minimum atomic E-state index is -0.515. The van der Waals surface area contributed by atoms with Crippen LogP contribution in [0.3, 0.4) is 0 Å². The second-order valence-corrected chi connectivity index (χ2v) is 4.81. The van der Waals surface area contributed by atoms with Crippen LogP contribution in [0.25, 0.3) is 0 Å². The van der Waals surface area contributed by atoms with Gasteiger partial charge in [-0.3, -0.25) is 0 Å². The van der Waals surface area contributed by atoms with Gasteiger partial charge in [0.25, 0.3) is 0 Å². The number of nitrogens with zero attached hydrogens (tertiary/aromatic N) is 3. The number of β-amino-alcohol motifs (C(OH)–C–C–N with tert-alkyl or cyclic N) is 1. The molecule has 1 N–H and O–H groups in total. The van der Waals surface area contributed by atoms with Gasteiger partial charge in [-0.15, -0.1) is 0 Å². The molecule has 2 atom stereocenters. The normalized spacial score (nSPS) is 22.2. The predicted molar refractivity (Wildman–Crippen MR) is 69.1 cm³/mol. The van der Waals surface area contributed by atoms with Gasteiger partial charge in [0.15, 0.2) is 5.82 Å². The summed E-state index contributed by atoms with van der Waals surface area (Å²) in [6.45, 7) is 0.369. The molecule has 1 aromatic heterocycles. The number of benzene rings is 1. The van der Waals surface area contributed by atoms with Crippen LogP contribution in [0.15, 0.2) is 36.7 Å². The summed E-state index contributed by atoms with van der Waals surface area (Å²) in [5, 5.41) is 9.86. The Hall–Kier alpha value is -2.08. The molecule has 20 heavy (non-hydrogen) atoms. The van der Waals surface area contributed by atoms with Crippen molar-refractivity contribution < 1.29 is 13.9 Å². The van der Waals surface area contributed by atoms with E-state index in [0.29, 0.717) is 18.9 Å². The molecular formula is C14H13F2N3O. The molecule has 1 fully saturated rings. The predicted octanol–water partition coefficient (Wildman–Crippen LogP) is 2.07. The van der Waals surface area contributed by atoms with Crippen LogP contribution in [0.4, 0.5) is 14.7 Å². The lowest BCUT2D eigenvalue weighted by molar-refractivity contribution is 0.194. The molecule has 1 aliphatic heterocycles. The fourth-order valence-corrected chi connectivity index (χ4v) is 2.49. The zero-order valence-corrected chi connectivity index (χ0v) is 10.6. The molecule has 4 nitrogen and oxygen atoms in total. The van der Waals surface area contributed by atoms with E-state index >= 15 is 0 Å². The highest BCUT2D eigenvalue weighted by Crippen LogP contribution is 2.34. The van der Waals surface area contributed by atoms with Crippen LogP contribution in [0.1, 0.15) is 18.0 Å². The lowest BCUT2D eigenvalue weighted by Gasteiger charge is -2.24. The number of anilines is 1. The molecule has 104 valence electrons. The Bertz CT molecular complexity index is 535. The number of aliphatic hydroxyl groups excluding tert-OH is 1. The molecule has 0 unspecified atom stereocenters. The van der Waals surface area contributed by atoms with E-state index in [0.717, 1.165) is 18.0 Å². The topological polar surface area (TPSA) is 49.2 Å². The smallest absolute Gasteiger partial charge is 0.226 e. The van der Waals surface area contributed by atoms with Crippen molar-refractivity contribution in [1.82, 2.24) is 9.97 Å². The van der Waals surface area contributed by atoms with Crippen molar-refractivity contribution >= 4 is 5.95 Å². The maximum absolute atomic E-state index is 13.0. The van der Waals surface area contributed by atoms with Crippen LogP contribution in [-0.4, -0.2) is 27.7 Å². The van der Waals surface area contributed by atoms with E-state index in [9.17, 15) is 13.9 Å². The average molecular weight is 277 g/mol. The molecule has 2 aromatic rings. The van der Waals surface area contributed by atoms with Crippen LogP contribution >= 0.6 is 0 Å². The van der Waals surface area contributed by atoms with Gasteiger partial charge in [0.05, 0.1) is 24.5 Å². The van der Waals surface area contributed by atoms with Gasteiger partial charge in [-0.2, -0.15) is 0 Å². The second kappa shape index (κ2) is 5.13. The number of aliphatic hydroxyl groups is 1. The van der Waals surface area contributed by atoms with Crippen LogP contribution in [0.2, 0.25) is 0 Å². The Morgan fingerprint density at radius 3 is 2.35 bits per heavy atom. The fourth-order valence-electron chi connectivity index (χ4n) is 2.49. The van der Waals surface area contributed by atoms with E-state index in [2.05, 4.69) is 9.97 Å². The van der Waals surface area contributed by atoms with Gasteiger partial charge >= 0.3 is 0 Å². The van der Waals surface area contributed by atoms with E-state index in [1.54, 1.807) is 17.0 Å². The quantitative estimate of drug-likeness (QED) is 0.913. The molecule has 0 saturated carbocycles. The molecule has 0 bridgehead atoms. The van der Waals surface area contributed by atoms with Gasteiger partial charge < -0.3 is 10.0 Å². The first-order valence-electron chi connectivity index (χ1n) is 6.31. The monoisotopic (exact) mass is 277 g/mol. The van der Waals surface area contributed by atoms with Crippen molar-refractivity contribution in [2.75, 3.05) is 11.4 Å². The highest BCUT2D eigenvalue weighted by molar-refractivity contribution is 5.39. The number of halogens is 2. The molecule has 1 saturated heterocycles. The molecule has 0 radical (unpaired) electrons. The third-order valence-electron chi connectivity index (χ3n) is 3.40. The summed E-state index contributed by atoms with van der Waals surface area (Å²) in [6, 6.07) is 5.97. The molecule has 1 aromatic carbocycles. The number of hydrogen-bond acceptors (Lipinski definition) is 4. The SMILES string of the molecule is O[C@H]1C[C@@H](c2ccc(F)cc2)N(c2ncc(F)cn2)C1. The summed E-state index contributed by atoms with van der Waals surface area (Å²) in [4.78, 5) is 9.69. The van der Waals surface area contributed by atoms with Crippen LogP contribution in [0.5, 0.6) is 0 Å². The van der Waals surface area contributed by atoms with Crippen LogP contribution in [0, 0.1) is 11.6 Å². The molecule has 1 aliphatic rings. The number of rotatable bonds is 2. The van der Waals surface area contributed by atoms with Gasteiger partial charge in [-0.25, -0.2) is 18.7 Å². The fraction of sp³-hybridized carbons (Fsp3) is 0.286. The lowest BCUT2D eigenvalue weighted by atomic mass is 10.0. The second-order valence-electron chi connectivity index (χ2n) is 4.81. The number of hydrogen-bond donors (Lipinski definition) is 1. The molecule has 0 amide bonds. The molecule has 2 heterocycles. The van der Waals surface area contributed by atoms with E-state index in [-0.39, 0.29) is 11.9 Å². The molecule has 6 heteroatoms. The Labute approximate surface area is 114 Å². The van der Waals surface area contributed by atoms with Crippen molar-refractivity contribution in [2.45, 2.75) is 18.6 Å². The van der Waals surface area contributed by atoms with Gasteiger partial charge in [0, 0.05) is 6.54 Å². The Morgan fingerprint density at radius 1 is 1.05 bits per heavy atom. The Balaban J connectivity index is 1.92. The summed E-state index contributed by atoms with van der Waals surface area (Å²) in [5.74, 6) is -0.457. The van der Waals surface area contributed by atoms with Crippen molar-refractivity contribution in [3.8, 4) is 0 Å². The van der Waals surface area contributed by atoms with Gasteiger partial charge in [0.1, 0.15) is 5.82 Å². The van der Waals surface area contributed by atoms with Crippen LogP contribution in [-0.2, 0) is 0 Å². The van der Waals surface area contributed by atoms with Gasteiger partial charge in [0.2, 0.25) is 5.95 Å². The summed E-state index contributed by atoms with van der Waals surface area (Å²) in [6.07, 6.45) is 2.18. The van der Waals surface area contributed by atoms with E-state index in [1.165, 1.54) is 12.1 Å². The average Bonchev–Trinajstić information content (AvgIpc) is 2.82. The number of aromatic nitrogens is 2. The van der Waals surface area contributed by atoms with Crippen molar-refractivity contribution in [3.05, 3.63) is 53.9 Å². The van der Waals surface area contributed by atoms with E-state index in [1.807, 2.05) is 0 Å². The largest absolute Gasteiger partial charge is 0.391 e. The summed E-state index contributed by atoms with van der Waals surface area (Å²) >= 11 is 0. The standard InChI is InChI=1S/C14H13F2N3O/c15-10-3-1-9(2-4-10)13-5-12(20)8-19(13)14-17-6-11(16)7-18-14/h1-4,6-7,12-13,20H,5,8H2/t12-,13-/m0/s1. The Morgan fingerprint density at radius 2 is 1.70 bits per heavy atom. The van der Waals surface area contributed by atoms with Crippen molar-refractivity contribution in [1.29, 1.82) is 0 Å². The molecule has 0 aliphatic carbocycles. The lowest BCUT2D eigenvalue weighted by Crippen LogP contribution is -2.26. The summed E-state index contributed by atoms with van der Waals surface area (Å²) in [7, 11) is 0. The molecular weight excluding hydrogens is 264 g/mol. The Kier molecular flexibility index (Phi) is 3.31. The van der Waals surface area contributed by atoms with E-state index in [4.69, 9.17) is 0 Å². The minimum absolute atomic E-state index is 0.143. The molecule has 3 rings (SSSR count). The van der Waals surface area contributed by atoms with Crippen LogP contribution < -0.4 is 4.90 Å². The first-order chi connectivity index (χ1) is 9.63.